The van der Waals surface area contributed by atoms with E-state index in [0.717, 1.165) is 18.4 Å². The molecular formula is C14H19NO2. The molecule has 3 heteroatoms. The van der Waals surface area contributed by atoms with E-state index >= 15 is 0 Å². The molecule has 1 saturated carbocycles. The summed E-state index contributed by atoms with van der Waals surface area (Å²) >= 11 is 0. The van der Waals surface area contributed by atoms with Crippen molar-refractivity contribution in [3.8, 4) is 0 Å². The number of hydrogen-bond donors (Lipinski definition) is 2. The maximum Gasteiger partial charge on any atom is 0.231 e. The van der Waals surface area contributed by atoms with Crippen molar-refractivity contribution < 1.29 is 9.90 Å². The molecule has 0 heterocycles. The van der Waals surface area contributed by atoms with Crippen LogP contribution in [0.25, 0.3) is 0 Å². The molecule has 2 N–H and O–H groups in total. The van der Waals surface area contributed by atoms with Crippen LogP contribution >= 0.6 is 0 Å². The van der Waals surface area contributed by atoms with Gasteiger partial charge < -0.3 is 10.4 Å². The zero-order valence-electron chi connectivity index (χ0n) is 10.4. The molecule has 0 saturated heterocycles. The highest BCUT2D eigenvalue weighted by molar-refractivity contribution is 5.91. The largest absolute Gasteiger partial charge is 0.394 e. The van der Waals surface area contributed by atoms with E-state index in [4.69, 9.17) is 0 Å². The Hall–Kier alpha value is -1.35. The van der Waals surface area contributed by atoms with Crippen LogP contribution in [0.4, 0.5) is 0 Å². The van der Waals surface area contributed by atoms with Gasteiger partial charge in [0.05, 0.1) is 17.6 Å². The number of amides is 1. The third-order valence-electron chi connectivity index (χ3n) is 3.36. The molecule has 0 unspecified atom stereocenters. The molecule has 1 aromatic carbocycles. The Labute approximate surface area is 102 Å². The van der Waals surface area contributed by atoms with Gasteiger partial charge in [0.15, 0.2) is 0 Å². The molecule has 0 aliphatic heterocycles. The van der Waals surface area contributed by atoms with Crippen molar-refractivity contribution in [2.75, 3.05) is 6.61 Å². The monoisotopic (exact) mass is 233 g/mol. The van der Waals surface area contributed by atoms with E-state index in [0.29, 0.717) is 0 Å². The average molecular weight is 233 g/mol. The van der Waals surface area contributed by atoms with Crippen LogP contribution in [0.1, 0.15) is 32.3 Å². The first-order chi connectivity index (χ1) is 8.00. The first kappa shape index (κ1) is 12.1. The van der Waals surface area contributed by atoms with Crippen LogP contribution < -0.4 is 5.32 Å². The molecular weight excluding hydrogens is 214 g/mol. The summed E-state index contributed by atoms with van der Waals surface area (Å²) in [6.07, 6.45) is 1.79. The second-order valence-corrected chi connectivity index (χ2v) is 5.44. The van der Waals surface area contributed by atoms with Crippen molar-refractivity contribution in [1.29, 1.82) is 0 Å². The van der Waals surface area contributed by atoms with Crippen molar-refractivity contribution in [2.45, 2.75) is 37.6 Å². The Bertz CT molecular complexity index is 407. The number of rotatable bonds is 4. The minimum Gasteiger partial charge on any atom is -0.394 e. The van der Waals surface area contributed by atoms with Crippen LogP contribution in [0.2, 0.25) is 0 Å². The minimum atomic E-state index is -0.554. The molecule has 1 fully saturated rings. The fraction of sp³-hybridized carbons (Fsp3) is 0.500. The van der Waals surface area contributed by atoms with E-state index in [1.807, 2.05) is 44.2 Å². The van der Waals surface area contributed by atoms with Crippen LogP contribution in [0, 0.1) is 0 Å². The lowest BCUT2D eigenvalue weighted by molar-refractivity contribution is -0.125. The van der Waals surface area contributed by atoms with Gasteiger partial charge in [0.25, 0.3) is 0 Å². The Balaban J connectivity index is 2.15. The summed E-state index contributed by atoms with van der Waals surface area (Å²) in [6, 6.07) is 9.87. The normalized spacial score (nSPS) is 17.6. The fourth-order valence-corrected chi connectivity index (χ4v) is 2.00. The summed E-state index contributed by atoms with van der Waals surface area (Å²) in [4.78, 5) is 12.3. The van der Waals surface area contributed by atoms with E-state index in [-0.39, 0.29) is 17.9 Å². The summed E-state index contributed by atoms with van der Waals surface area (Å²) in [5.41, 5.74) is 0.168. The third kappa shape index (κ3) is 2.34. The molecule has 3 nitrogen and oxygen atoms in total. The molecule has 0 atom stereocenters. The van der Waals surface area contributed by atoms with Gasteiger partial charge in [-0.3, -0.25) is 4.79 Å². The zero-order valence-corrected chi connectivity index (χ0v) is 10.4. The Morgan fingerprint density at radius 2 is 1.94 bits per heavy atom. The van der Waals surface area contributed by atoms with Gasteiger partial charge in [0.2, 0.25) is 5.91 Å². The Morgan fingerprint density at radius 3 is 2.41 bits per heavy atom. The van der Waals surface area contributed by atoms with Gasteiger partial charge in [-0.05, 0) is 32.3 Å². The number of carbonyl (C=O) groups excluding carboxylic acids is 1. The van der Waals surface area contributed by atoms with Crippen LogP contribution in [-0.4, -0.2) is 23.2 Å². The standard InChI is InChI=1S/C14H19NO2/c1-13(2,10-16)15-12(17)14(8-9-14)11-6-4-3-5-7-11/h3-7,16H,8-10H2,1-2H3,(H,15,17). The fourth-order valence-electron chi connectivity index (χ4n) is 2.00. The molecule has 2 rings (SSSR count). The molecule has 1 amide bonds. The van der Waals surface area contributed by atoms with E-state index in [2.05, 4.69) is 5.32 Å². The van der Waals surface area contributed by atoms with Crippen molar-refractivity contribution in [2.24, 2.45) is 0 Å². The quantitative estimate of drug-likeness (QED) is 0.830. The number of aliphatic hydroxyl groups excluding tert-OH is 1. The maximum atomic E-state index is 12.3. The molecule has 17 heavy (non-hydrogen) atoms. The molecule has 0 aromatic heterocycles. The van der Waals surface area contributed by atoms with Crippen molar-refractivity contribution in [1.82, 2.24) is 5.32 Å². The summed E-state index contributed by atoms with van der Waals surface area (Å²) in [7, 11) is 0. The lowest BCUT2D eigenvalue weighted by Gasteiger charge is -2.27. The predicted octanol–water partition coefficient (Wildman–Crippen LogP) is 1.61. The van der Waals surface area contributed by atoms with Crippen LogP contribution in [-0.2, 0) is 10.2 Å². The van der Waals surface area contributed by atoms with Gasteiger partial charge in [-0.2, -0.15) is 0 Å². The van der Waals surface area contributed by atoms with Crippen LogP contribution in [0.15, 0.2) is 30.3 Å². The molecule has 92 valence electrons. The molecule has 0 spiro atoms. The molecule has 1 aliphatic carbocycles. The van der Waals surface area contributed by atoms with E-state index < -0.39 is 5.54 Å². The highest BCUT2D eigenvalue weighted by Gasteiger charge is 2.51. The van der Waals surface area contributed by atoms with Crippen molar-refractivity contribution >= 4 is 5.91 Å². The Kier molecular flexibility index (Phi) is 2.96. The highest BCUT2D eigenvalue weighted by atomic mass is 16.3. The molecule has 0 bridgehead atoms. The highest BCUT2D eigenvalue weighted by Crippen LogP contribution is 2.48. The second kappa shape index (κ2) is 4.15. The summed E-state index contributed by atoms with van der Waals surface area (Å²) < 4.78 is 0. The zero-order chi connectivity index (χ0) is 12.5. The number of nitrogens with one attached hydrogen (secondary N) is 1. The first-order valence-electron chi connectivity index (χ1n) is 5.99. The van der Waals surface area contributed by atoms with E-state index in [1.54, 1.807) is 0 Å². The smallest absolute Gasteiger partial charge is 0.231 e. The molecule has 1 aromatic rings. The van der Waals surface area contributed by atoms with Gasteiger partial charge in [-0.1, -0.05) is 30.3 Å². The lowest BCUT2D eigenvalue weighted by Crippen LogP contribution is -2.50. The predicted molar refractivity (Wildman–Crippen MR) is 66.7 cm³/mol. The number of aliphatic hydroxyl groups is 1. The number of hydrogen-bond acceptors (Lipinski definition) is 2. The third-order valence-corrected chi connectivity index (χ3v) is 3.36. The lowest BCUT2D eigenvalue weighted by atomic mass is 9.93. The second-order valence-electron chi connectivity index (χ2n) is 5.44. The average Bonchev–Trinajstić information content (AvgIpc) is 3.11. The molecule has 1 aliphatic rings. The van der Waals surface area contributed by atoms with Crippen LogP contribution in [0.5, 0.6) is 0 Å². The van der Waals surface area contributed by atoms with Crippen LogP contribution in [0.3, 0.4) is 0 Å². The summed E-state index contributed by atoms with van der Waals surface area (Å²) in [6.45, 7) is 3.60. The van der Waals surface area contributed by atoms with E-state index in [9.17, 15) is 9.90 Å². The maximum absolute atomic E-state index is 12.3. The molecule has 0 radical (unpaired) electrons. The van der Waals surface area contributed by atoms with Gasteiger partial charge in [0, 0.05) is 0 Å². The van der Waals surface area contributed by atoms with Gasteiger partial charge in [-0.25, -0.2) is 0 Å². The van der Waals surface area contributed by atoms with Crippen molar-refractivity contribution in [3.05, 3.63) is 35.9 Å². The first-order valence-corrected chi connectivity index (χ1v) is 5.99. The van der Waals surface area contributed by atoms with Crippen molar-refractivity contribution in [3.63, 3.8) is 0 Å². The van der Waals surface area contributed by atoms with E-state index in [1.165, 1.54) is 0 Å². The minimum absolute atomic E-state index is 0.0303. The SMILES string of the molecule is CC(C)(CO)NC(=O)C1(c2ccccc2)CC1. The topological polar surface area (TPSA) is 49.3 Å². The summed E-state index contributed by atoms with van der Waals surface area (Å²) in [5, 5.41) is 12.1. The van der Waals surface area contributed by atoms with Gasteiger partial charge in [0.1, 0.15) is 0 Å². The van der Waals surface area contributed by atoms with Gasteiger partial charge >= 0.3 is 0 Å². The van der Waals surface area contributed by atoms with Gasteiger partial charge in [-0.15, -0.1) is 0 Å². The Morgan fingerprint density at radius 1 is 1.35 bits per heavy atom. The number of benzene rings is 1. The number of carbonyl (C=O) groups is 1. The summed E-state index contributed by atoms with van der Waals surface area (Å²) in [5.74, 6) is 0.0303.